The number of pyridine rings is 2. The first-order valence-corrected chi connectivity index (χ1v) is 11.5. The van der Waals surface area contributed by atoms with Gasteiger partial charge in [-0.25, -0.2) is 18.6 Å². The van der Waals surface area contributed by atoms with E-state index in [2.05, 4.69) is 9.97 Å². The zero-order valence-electron chi connectivity index (χ0n) is 19.0. The van der Waals surface area contributed by atoms with Gasteiger partial charge in [0.1, 0.15) is 12.1 Å². The predicted molar refractivity (Wildman–Crippen MR) is 125 cm³/mol. The van der Waals surface area contributed by atoms with Crippen LogP contribution in [0.2, 0.25) is 0 Å². The van der Waals surface area contributed by atoms with Crippen LogP contribution in [-0.2, 0) is 7.05 Å². The number of imidazole rings is 1. The first kappa shape index (κ1) is 21.2. The van der Waals surface area contributed by atoms with Crippen LogP contribution in [0.25, 0.3) is 33.1 Å². The van der Waals surface area contributed by atoms with Crippen LogP contribution >= 0.6 is 0 Å². The Kier molecular flexibility index (Phi) is 4.74. The fourth-order valence-electron chi connectivity index (χ4n) is 4.89. The van der Waals surface area contributed by atoms with Crippen molar-refractivity contribution in [1.29, 1.82) is 0 Å². The van der Waals surface area contributed by atoms with Crippen molar-refractivity contribution in [1.82, 2.24) is 24.0 Å². The van der Waals surface area contributed by atoms with Crippen molar-refractivity contribution in [2.45, 2.75) is 37.3 Å². The van der Waals surface area contributed by atoms with Gasteiger partial charge in [0.05, 0.1) is 29.3 Å². The maximum atomic E-state index is 15.2. The SMILES string of the molecule is CN1CC[C@@H](n2c(=O)n(C)c3cnc4ccc(-c5ccc(OC6CC6)nc5)cc4c32)C(F)(F)C1. The average molecular weight is 466 g/mol. The number of fused-ring (bicyclic) bond motifs is 3. The molecule has 6 rings (SSSR count). The zero-order valence-corrected chi connectivity index (χ0v) is 19.0. The number of ether oxygens (including phenoxy) is 1. The van der Waals surface area contributed by atoms with Crippen molar-refractivity contribution >= 4 is 21.9 Å². The van der Waals surface area contributed by atoms with Gasteiger partial charge in [-0.15, -0.1) is 0 Å². The van der Waals surface area contributed by atoms with Crippen LogP contribution in [-0.4, -0.2) is 56.2 Å². The van der Waals surface area contributed by atoms with Crippen molar-refractivity contribution in [2.75, 3.05) is 20.1 Å². The number of piperidine rings is 1. The quantitative estimate of drug-likeness (QED) is 0.456. The minimum Gasteiger partial charge on any atom is -0.474 e. The van der Waals surface area contributed by atoms with Crippen LogP contribution in [0.4, 0.5) is 8.78 Å². The molecule has 1 aliphatic heterocycles. The molecule has 0 spiro atoms. The first-order valence-electron chi connectivity index (χ1n) is 11.5. The summed E-state index contributed by atoms with van der Waals surface area (Å²) in [6, 6.07) is 8.25. The van der Waals surface area contributed by atoms with E-state index in [9.17, 15) is 4.79 Å². The molecule has 34 heavy (non-hydrogen) atoms. The van der Waals surface area contributed by atoms with Crippen LogP contribution in [0.3, 0.4) is 0 Å². The summed E-state index contributed by atoms with van der Waals surface area (Å²) < 4.78 is 38.7. The van der Waals surface area contributed by atoms with Gasteiger partial charge in [-0.2, -0.15) is 0 Å². The second kappa shape index (κ2) is 7.59. The maximum Gasteiger partial charge on any atom is 0.329 e. The standard InChI is InChI=1S/C25H25F2N5O2/c1-30-10-9-21(25(26,27)14-30)32-23-18-11-15(16-4-8-22(29-12-16)34-17-5-6-17)3-7-19(18)28-13-20(23)31(2)24(32)33/h3-4,7-8,11-13,17,21H,5-6,9-10,14H2,1-2H3/t21-/m1/s1. The summed E-state index contributed by atoms with van der Waals surface area (Å²) in [7, 11) is 3.28. The Labute approximate surface area is 194 Å². The zero-order chi connectivity index (χ0) is 23.6. The molecule has 1 aliphatic carbocycles. The lowest BCUT2D eigenvalue weighted by Gasteiger charge is -2.37. The van der Waals surface area contributed by atoms with E-state index >= 15 is 8.78 Å². The summed E-state index contributed by atoms with van der Waals surface area (Å²) in [4.78, 5) is 23.7. The molecule has 3 aromatic heterocycles. The molecular weight excluding hydrogens is 440 g/mol. The fraction of sp³-hybridized carbons (Fsp3) is 0.400. The molecule has 0 N–H and O–H groups in total. The highest BCUT2D eigenvalue weighted by Gasteiger charge is 2.46. The van der Waals surface area contributed by atoms with E-state index in [1.54, 1.807) is 31.4 Å². The first-order chi connectivity index (χ1) is 16.3. The molecular formula is C25H25F2N5O2. The molecule has 2 aliphatic rings. The Balaban J connectivity index is 1.51. The second-order valence-corrected chi connectivity index (χ2v) is 9.44. The molecule has 1 aromatic carbocycles. The van der Waals surface area contributed by atoms with Crippen molar-refractivity contribution in [3.05, 3.63) is 53.2 Å². The van der Waals surface area contributed by atoms with Crippen LogP contribution in [0.5, 0.6) is 5.88 Å². The third-order valence-electron chi connectivity index (χ3n) is 6.86. The van der Waals surface area contributed by atoms with Crippen molar-refractivity contribution in [2.24, 2.45) is 7.05 Å². The second-order valence-electron chi connectivity index (χ2n) is 9.44. The van der Waals surface area contributed by atoms with Crippen LogP contribution in [0.15, 0.2) is 47.5 Å². The summed E-state index contributed by atoms with van der Waals surface area (Å²) >= 11 is 0. The third kappa shape index (κ3) is 3.46. The van der Waals surface area contributed by atoms with Crippen molar-refractivity contribution in [3.8, 4) is 17.0 Å². The number of alkyl halides is 2. The number of hydrogen-bond donors (Lipinski definition) is 0. The maximum absolute atomic E-state index is 15.2. The number of nitrogens with zero attached hydrogens (tertiary/aromatic N) is 5. The Hall–Kier alpha value is -3.33. The summed E-state index contributed by atoms with van der Waals surface area (Å²) in [5, 5.41) is 0.667. The lowest BCUT2D eigenvalue weighted by molar-refractivity contribution is -0.0977. The minimum atomic E-state index is -3.03. The highest BCUT2D eigenvalue weighted by molar-refractivity contribution is 6.04. The average Bonchev–Trinajstić information content (AvgIpc) is 3.59. The van der Waals surface area contributed by atoms with E-state index in [0.29, 0.717) is 34.4 Å². The van der Waals surface area contributed by atoms with E-state index in [-0.39, 0.29) is 19.1 Å². The van der Waals surface area contributed by atoms with E-state index in [1.807, 2.05) is 30.3 Å². The normalized spacial score (nSPS) is 20.8. The van der Waals surface area contributed by atoms with Crippen LogP contribution in [0, 0.1) is 0 Å². The van der Waals surface area contributed by atoms with Crippen molar-refractivity contribution in [3.63, 3.8) is 0 Å². The highest BCUT2D eigenvalue weighted by atomic mass is 19.3. The molecule has 0 radical (unpaired) electrons. The largest absolute Gasteiger partial charge is 0.474 e. The van der Waals surface area contributed by atoms with Gasteiger partial charge in [-0.1, -0.05) is 6.07 Å². The number of likely N-dealkylation sites (tertiary alicyclic amines) is 1. The topological polar surface area (TPSA) is 65.2 Å². The third-order valence-corrected chi connectivity index (χ3v) is 6.86. The molecule has 7 nitrogen and oxygen atoms in total. The minimum absolute atomic E-state index is 0.193. The van der Waals surface area contributed by atoms with E-state index in [0.717, 1.165) is 24.0 Å². The highest BCUT2D eigenvalue weighted by Crippen LogP contribution is 2.39. The number of aromatic nitrogens is 4. The van der Waals surface area contributed by atoms with Gasteiger partial charge in [-0.3, -0.25) is 14.1 Å². The molecule has 0 amide bonds. The van der Waals surface area contributed by atoms with Gasteiger partial charge < -0.3 is 9.64 Å². The Morgan fingerprint density at radius 3 is 2.53 bits per heavy atom. The molecule has 4 heterocycles. The molecule has 9 heteroatoms. The van der Waals surface area contributed by atoms with E-state index in [4.69, 9.17) is 4.74 Å². The monoisotopic (exact) mass is 465 g/mol. The Morgan fingerprint density at radius 2 is 1.82 bits per heavy atom. The van der Waals surface area contributed by atoms with Crippen LogP contribution in [0.1, 0.15) is 25.3 Å². The van der Waals surface area contributed by atoms with Gasteiger partial charge in [-0.05, 0) is 50.1 Å². The number of rotatable bonds is 4. The number of halogens is 2. The Morgan fingerprint density at radius 1 is 1.03 bits per heavy atom. The number of benzene rings is 1. The molecule has 4 aromatic rings. The molecule has 1 saturated carbocycles. The van der Waals surface area contributed by atoms with Gasteiger partial charge in [0, 0.05) is 36.8 Å². The fourth-order valence-corrected chi connectivity index (χ4v) is 4.89. The Bertz CT molecular complexity index is 1460. The predicted octanol–water partition coefficient (Wildman–Crippen LogP) is 4.00. The van der Waals surface area contributed by atoms with Crippen LogP contribution < -0.4 is 10.4 Å². The van der Waals surface area contributed by atoms with Crippen molar-refractivity contribution < 1.29 is 13.5 Å². The van der Waals surface area contributed by atoms with Gasteiger partial charge in [0.25, 0.3) is 5.92 Å². The molecule has 176 valence electrons. The molecule has 2 fully saturated rings. The van der Waals surface area contributed by atoms with Gasteiger partial charge >= 0.3 is 5.69 Å². The number of hydrogen-bond acceptors (Lipinski definition) is 5. The summed E-state index contributed by atoms with van der Waals surface area (Å²) in [5.41, 5.74) is 2.97. The summed E-state index contributed by atoms with van der Waals surface area (Å²) in [5.74, 6) is -2.43. The molecule has 0 bridgehead atoms. The van der Waals surface area contributed by atoms with E-state index in [1.165, 1.54) is 9.13 Å². The summed E-state index contributed by atoms with van der Waals surface area (Å²) in [6.45, 7) is 0.119. The van der Waals surface area contributed by atoms with E-state index < -0.39 is 17.7 Å². The molecule has 0 unspecified atom stereocenters. The lowest BCUT2D eigenvalue weighted by Crippen LogP contribution is -2.49. The smallest absolute Gasteiger partial charge is 0.329 e. The van der Waals surface area contributed by atoms with Gasteiger partial charge in [0.2, 0.25) is 5.88 Å². The van der Waals surface area contributed by atoms with Gasteiger partial charge in [0.15, 0.2) is 0 Å². The molecule has 1 atom stereocenters. The molecule has 1 saturated heterocycles. The lowest BCUT2D eigenvalue weighted by atomic mass is 10.00. The summed E-state index contributed by atoms with van der Waals surface area (Å²) in [6.07, 6.45) is 5.92. The number of aryl methyl sites for hydroxylation is 1.